The summed E-state index contributed by atoms with van der Waals surface area (Å²) in [6.45, 7) is 8.54. The third kappa shape index (κ3) is 5.02. The lowest BCUT2D eigenvalue weighted by Gasteiger charge is -2.19. The number of nitrogens with zero attached hydrogens (tertiary/aromatic N) is 1. The van der Waals surface area contributed by atoms with Crippen LogP contribution in [0.15, 0.2) is 51.8 Å². The van der Waals surface area contributed by atoms with E-state index in [9.17, 15) is 13.2 Å². The smallest absolute Gasteiger partial charge is 0.244 e. The lowest BCUT2D eigenvalue weighted by atomic mass is 10.1. The van der Waals surface area contributed by atoms with Crippen LogP contribution >= 0.6 is 0 Å². The Morgan fingerprint density at radius 2 is 1.83 bits per heavy atom. The van der Waals surface area contributed by atoms with Gasteiger partial charge in [0.25, 0.3) is 0 Å². The first-order chi connectivity index (χ1) is 14.3. The largest absolute Gasteiger partial charge is 0.461 e. The summed E-state index contributed by atoms with van der Waals surface area (Å²) in [6.07, 6.45) is 4.27. The van der Waals surface area contributed by atoms with Crippen molar-refractivity contribution in [2.45, 2.75) is 51.0 Å². The fourth-order valence-corrected chi connectivity index (χ4v) is 4.98. The van der Waals surface area contributed by atoms with Gasteiger partial charge >= 0.3 is 0 Å². The maximum Gasteiger partial charge on any atom is 0.244 e. The molecule has 30 heavy (non-hydrogen) atoms. The van der Waals surface area contributed by atoms with Crippen LogP contribution in [-0.4, -0.2) is 31.7 Å². The minimum absolute atomic E-state index is 0.236. The second kappa shape index (κ2) is 9.18. The van der Waals surface area contributed by atoms with Crippen molar-refractivity contribution in [2.75, 3.05) is 13.1 Å². The molecule has 0 saturated heterocycles. The number of hydrogen-bond acceptors (Lipinski definition) is 4. The van der Waals surface area contributed by atoms with Crippen LogP contribution < -0.4 is 5.32 Å². The van der Waals surface area contributed by atoms with Crippen molar-refractivity contribution in [2.24, 2.45) is 5.92 Å². The van der Waals surface area contributed by atoms with E-state index in [0.717, 1.165) is 17.7 Å². The Hall–Kier alpha value is -2.38. The van der Waals surface area contributed by atoms with E-state index in [0.29, 0.717) is 30.7 Å². The lowest BCUT2D eigenvalue weighted by molar-refractivity contribution is -0.117. The number of benzene rings is 1. The first-order valence-electron chi connectivity index (χ1n) is 10.4. The van der Waals surface area contributed by atoms with Crippen molar-refractivity contribution >= 4 is 22.0 Å². The standard InChI is InChI=1S/C23H30N2O4S/c1-5-25(6-2)30(27,28)20-11-7-18(8-12-20)17(4)24-23(26)14-10-19-9-13-22(29-19)21-15-16(21)3/h7-14,16-17,21H,5-6,15H2,1-4H3,(H,24,26)/b14-10+. The second-order valence-electron chi connectivity index (χ2n) is 7.78. The number of sulfonamides is 1. The van der Waals surface area contributed by atoms with E-state index >= 15 is 0 Å². The molecule has 0 radical (unpaired) electrons. The lowest BCUT2D eigenvalue weighted by Crippen LogP contribution is -2.30. The second-order valence-corrected chi connectivity index (χ2v) is 9.72. The highest BCUT2D eigenvalue weighted by molar-refractivity contribution is 7.89. The van der Waals surface area contributed by atoms with Gasteiger partial charge in [-0.2, -0.15) is 4.31 Å². The van der Waals surface area contributed by atoms with Gasteiger partial charge in [-0.15, -0.1) is 0 Å². The minimum atomic E-state index is -3.48. The molecule has 1 N–H and O–H groups in total. The van der Waals surface area contributed by atoms with E-state index in [1.165, 1.54) is 10.4 Å². The van der Waals surface area contributed by atoms with E-state index in [-0.39, 0.29) is 16.8 Å². The van der Waals surface area contributed by atoms with Crippen molar-refractivity contribution in [1.82, 2.24) is 9.62 Å². The van der Waals surface area contributed by atoms with Gasteiger partial charge in [0.15, 0.2) is 0 Å². The molecule has 3 unspecified atom stereocenters. The Morgan fingerprint density at radius 1 is 1.20 bits per heavy atom. The molecule has 1 heterocycles. The van der Waals surface area contributed by atoms with E-state index in [1.54, 1.807) is 30.3 Å². The van der Waals surface area contributed by atoms with Crippen molar-refractivity contribution in [3.8, 4) is 0 Å². The summed E-state index contributed by atoms with van der Waals surface area (Å²) >= 11 is 0. The first-order valence-corrected chi connectivity index (χ1v) is 11.9. The first kappa shape index (κ1) is 22.3. The minimum Gasteiger partial charge on any atom is -0.461 e. The van der Waals surface area contributed by atoms with Crippen LogP contribution in [0.4, 0.5) is 0 Å². The summed E-state index contributed by atoms with van der Waals surface area (Å²) in [5, 5.41) is 2.89. The fourth-order valence-electron chi connectivity index (χ4n) is 3.52. The van der Waals surface area contributed by atoms with Crippen molar-refractivity contribution in [3.63, 3.8) is 0 Å². The molecule has 6 nitrogen and oxygen atoms in total. The predicted molar refractivity (Wildman–Crippen MR) is 117 cm³/mol. The summed E-state index contributed by atoms with van der Waals surface area (Å²) in [7, 11) is -3.48. The normalized spacial score (nSPS) is 19.9. The van der Waals surface area contributed by atoms with Crippen LogP contribution in [0.3, 0.4) is 0 Å². The molecule has 1 amide bonds. The summed E-state index contributed by atoms with van der Waals surface area (Å²) in [6, 6.07) is 10.2. The maximum absolute atomic E-state index is 12.6. The highest BCUT2D eigenvalue weighted by Crippen LogP contribution is 2.47. The fraction of sp³-hybridized carbons (Fsp3) is 0.435. The molecule has 1 aromatic heterocycles. The summed E-state index contributed by atoms with van der Waals surface area (Å²) < 4.78 is 32.3. The number of carbonyl (C=O) groups excluding carboxylic acids is 1. The number of hydrogen-bond donors (Lipinski definition) is 1. The Bertz CT molecular complexity index is 1000. The monoisotopic (exact) mass is 430 g/mol. The van der Waals surface area contributed by atoms with Crippen LogP contribution in [0.1, 0.15) is 63.2 Å². The van der Waals surface area contributed by atoms with Gasteiger partial charge in [-0.1, -0.05) is 32.9 Å². The van der Waals surface area contributed by atoms with E-state index in [4.69, 9.17) is 4.42 Å². The molecule has 162 valence electrons. The Balaban J connectivity index is 1.59. The Labute approximate surface area is 179 Å². The van der Waals surface area contributed by atoms with E-state index in [1.807, 2.05) is 32.9 Å². The zero-order valence-electron chi connectivity index (χ0n) is 18.0. The van der Waals surface area contributed by atoms with E-state index < -0.39 is 10.0 Å². The van der Waals surface area contributed by atoms with Crippen LogP contribution in [0.2, 0.25) is 0 Å². The zero-order chi connectivity index (χ0) is 21.9. The van der Waals surface area contributed by atoms with Crippen LogP contribution in [-0.2, 0) is 14.8 Å². The maximum atomic E-state index is 12.6. The molecule has 1 fully saturated rings. The number of amides is 1. The SMILES string of the molecule is CCN(CC)S(=O)(=O)c1ccc(C(C)NC(=O)/C=C/c2ccc(C3CC3C)o2)cc1. The van der Waals surface area contributed by atoms with Gasteiger partial charge in [-0.3, -0.25) is 4.79 Å². The molecule has 1 aliphatic rings. The average Bonchev–Trinajstić information content (AvgIpc) is 3.26. The van der Waals surface area contributed by atoms with Crippen molar-refractivity contribution in [1.29, 1.82) is 0 Å². The molecule has 0 aliphatic heterocycles. The number of rotatable bonds is 9. The Morgan fingerprint density at radius 3 is 2.40 bits per heavy atom. The molecule has 1 aromatic carbocycles. The topological polar surface area (TPSA) is 79.6 Å². The van der Waals surface area contributed by atoms with Crippen LogP contribution in [0, 0.1) is 5.92 Å². The average molecular weight is 431 g/mol. The number of carbonyl (C=O) groups is 1. The molecule has 2 aromatic rings. The quantitative estimate of drug-likeness (QED) is 0.601. The molecule has 0 spiro atoms. The van der Waals surface area contributed by atoms with E-state index in [2.05, 4.69) is 12.2 Å². The highest BCUT2D eigenvalue weighted by Gasteiger charge is 2.36. The zero-order valence-corrected chi connectivity index (χ0v) is 18.8. The van der Waals surface area contributed by atoms with Crippen molar-refractivity contribution in [3.05, 3.63) is 59.6 Å². The van der Waals surface area contributed by atoms with Crippen molar-refractivity contribution < 1.29 is 17.6 Å². The summed E-state index contributed by atoms with van der Waals surface area (Å²) in [4.78, 5) is 12.5. The third-order valence-electron chi connectivity index (χ3n) is 5.60. The molecular weight excluding hydrogens is 400 g/mol. The van der Waals surface area contributed by atoms with Crippen LogP contribution in [0.25, 0.3) is 6.08 Å². The van der Waals surface area contributed by atoms with Gasteiger partial charge in [0.1, 0.15) is 11.5 Å². The number of nitrogens with one attached hydrogen (secondary N) is 1. The summed E-state index contributed by atoms with van der Waals surface area (Å²) in [5.41, 5.74) is 0.832. The molecule has 7 heteroatoms. The van der Waals surface area contributed by atoms with Gasteiger partial charge in [-0.05, 0) is 55.2 Å². The van der Waals surface area contributed by atoms with Gasteiger partial charge in [0.2, 0.25) is 15.9 Å². The predicted octanol–water partition coefficient (Wildman–Crippen LogP) is 4.32. The Kier molecular flexibility index (Phi) is 6.83. The summed E-state index contributed by atoms with van der Waals surface area (Å²) in [5.74, 6) is 2.59. The molecule has 3 atom stereocenters. The van der Waals surface area contributed by atoms with Gasteiger partial charge in [0.05, 0.1) is 10.9 Å². The van der Waals surface area contributed by atoms with Gasteiger partial charge < -0.3 is 9.73 Å². The third-order valence-corrected chi connectivity index (χ3v) is 7.67. The molecule has 1 saturated carbocycles. The molecular formula is C23H30N2O4S. The highest BCUT2D eigenvalue weighted by atomic mass is 32.2. The van der Waals surface area contributed by atoms with Crippen LogP contribution in [0.5, 0.6) is 0 Å². The molecule has 0 bridgehead atoms. The number of furan rings is 1. The van der Waals surface area contributed by atoms with Gasteiger partial charge in [-0.25, -0.2) is 8.42 Å². The molecule has 3 rings (SSSR count). The molecule has 1 aliphatic carbocycles. The van der Waals surface area contributed by atoms with Gasteiger partial charge in [0, 0.05) is 25.1 Å².